The Labute approximate surface area is 168 Å². The van der Waals surface area contributed by atoms with Gasteiger partial charge in [0.25, 0.3) is 5.91 Å². The Balaban J connectivity index is 1.35. The maximum atomic E-state index is 11.9. The summed E-state index contributed by atoms with van der Waals surface area (Å²) in [5, 5.41) is 17.2. The summed E-state index contributed by atoms with van der Waals surface area (Å²) >= 11 is 0. The molecule has 2 heterocycles. The van der Waals surface area contributed by atoms with Gasteiger partial charge in [-0.3, -0.25) is 9.78 Å². The predicted molar refractivity (Wildman–Crippen MR) is 110 cm³/mol. The lowest BCUT2D eigenvalue weighted by atomic mass is 10.3. The molecule has 3 aromatic rings. The average molecular weight is 394 g/mol. The first kappa shape index (κ1) is 19.9. The Hall–Kier alpha value is -3.88. The highest BCUT2D eigenvalue weighted by atomic mass is 16.5. The molecule has 0 fully saturated rings. The number of nitrogens with one attached hydrogen (secondary N) is 3. The molecule has 1 aromatic carbocycles. The van der Waals surface area contributed by atoms with Crippen LogP contribution in [0.3, 0.4) is 0 Å². The highest BCUT2D eigenvalue weighted by Crippen LogP contribution is 2.25. The Morgan fingerprint density at radius 1 is 0.931 bits per heavy atom. The van der Waals surface area contributed by atoms with Crippen molar-refractivity contribution in [1.29, 1.82) is 0 Å². The van der Waals surface area contributed by atoms with Crippen molar-refractivity contribution < 1.29 is 14.3 Å². The number of methoxy groups -OCH3 is 1. The van der Waals surface area contributed by atoms with Gasteiger partial charge in [-0.05, 0) is 36.4 Å². The summed E-state index contributed by atoms with van der Waals surface area (Å²) in [5.74, 6) is 2.13. The minimum Gasteiger partial charge on any atom is -0.493 e. The first-order valence-corrected chi connectivity index (χ1v) is 9.02. The fraction of sp³-hybridized carbons (Fsp3) is 0.200. The van der Waals surface area contributed by atoms with Gasteiger partial charge in [0.2, 0.25) is 0 Å². The number of nitrogens with zero attached hydrogens (tertiary/aromatic N) is 3. The van der Waals surface area contributed by atoms with Crippen molar-refractivity contribution in [3.8, 4) is 11.5 Å². The number of anilines is 3. The lowest BCUT2D eigenvalue weighted by Gasteiger charge is -2.11. The van der Waals surface area contributed by atoms with Gasteiger partial charge in [-0.1, -0.05) is 12.1 Å². The van der Waals surface area contributed by atoms with E-state index in [4.69, 9.17) is 9.47 Å². The zero-order chi connectivity index (χ0) is 20.3. The van der Waals surface area contributed by atoms with E-state index >= 15 is 0 Å². The zero-order valence-electron chi connectivity index (χ0n) is 16.0. The fourth-order valence-electron chi connectivity index (χ4n) is 2.40. The molecule has 0 radical (unpaired) electrons. The normalized spacial score (nSPS) is 10.1. The molecule has 1 amide bonds. The molecule has 9 nitrogen and oxygen atoms in total. The predicted octanol–water partition coefficient (Wildman–Crippen LogP) is 2.23. The van der Waals surface area contributed by atoms with Crippen molar-refractivity contribution in [1.82, 2.24) is 20.5 Å². The van der Waals surface area contributed by atoms with E-state index < -0.39 is 0 Å². The number of ether oxygens (including phenoxy) is 2. The highest BCUT2D eigenvalue weighted by molar-refractivity contribution is 5.77. The molecule has 2 aromatic heterocycles. The van der Waals surface area contributed by atoms with Gasteiger partial charge in [0.15, 0.2) is 23.9 Å². The Morgan fingerprint density at radius 3 is 2.38 bits per heavy atom. The third-order valence-electron chi connectivity index (χ3n) is 3.80. The largest absolute Gasteiger partial charge is 0.493 e. The summed E-state index contributed by atoms with van der Waals surface area (Å²) in [6, 6.07) is 14.5. The monoisotopic (exact) mass is 394 g/mol. The molecule has 150 valence electrons. The number of pyridine rings is 1. The van der Waals surface area contributed by atoms with E-state index in [0.29, 0.717) is 36.2 Å². The summed E-state index contributed by atoms with van der Waals surface area (Å²) in [4.78, 5) is 15.9. The average Bonchev–Trinajstić information content (AvgIpc) is 2.77. The molecule has 0 aliphatic carbocycles. The van der Waals surface area contributed by atoms with Crippen LogP contribution in [-0.2, 0) is 4.79 Å². The number of amides is 1. The molecule has 0 atom stereocenters. The van der Waals surface area contributed by atoms with Crippen LogP contribution in [0.5, 0.6) is 11.5 Å². The number of carbonyl (C=O) groups excluding carboxylic acids is 1. The molecule has 0 aliphatic heterocycles. The smallest absolute Gasteiger partial charge is 0.258 e. The third-order valence-corrected chi connectivity index (χ3v) is 3.80. The summed E-state index contributed by atoms with van der Waals surface area (Å²) in [6.07, 6.45) is 3.39. The van der Waals surface area contributed by atoms with Crippen molar-refractivity contribution >= 4 is 23.2 Å². The molecular weight excluding hydrogens is 372 g/mol. The summed E-state index contributed by atoms with van der Waals surface area (Å²) in [7, 11) is 1.55. The van der Waals surface area contributed by atoms with Crippen LogP contribution in [-0.4, -0.2) is 47.9 Å². The van der Waals surface area contributed by atoms with Gasteiger partial charge in [0.05, 0.1) is 7.11 Å². The van der Waals surface area contributed by atoms with Crippen LogP contribution in [0.1, 0.15) is 0 Å². The minimum atomic E-state index is -0.222. The first-order valence-electron chi connectivity index (χ1n) is 9.02. The van der Waals surface area contributed by atoms with Crippen molar-refractivity contribution in [2.45, 2.75) is 0 Å². The number of benzene rings is 1. The maximum absolute atomic E-state index is 11.9. The van der Waals surface area contributed by atoms with E-state index in [2.05, 4.69) is 31.1 Å². The third kappa shape index (κ3) is 6.35. The molecule has 0 saturated carbocycles. The summed E-state index contributed by atoms with van der Waals surface area (Å²) in [5.41, 5.74) is 0.882. The molecule has 0 aliphatic rings. The van der Waals surface area contributed by atoms with E-state index in [0.717, 1.165) is 5.69 Å². The molecule has 0 spiro atoms. The summed E-state index contributed by atoms with van der Waals surface area (Å²) < 4.78 is 10.7. The van der Waals surface area contributed by atoms with Crippen LogP contribution in [0.4, 0.5) is 17.3 Å². The van der Waals surface area contributed by atoms with Gasteiger partial charge in [0, 0.05) is 31.2 Å². The fourth-order valence-corrected chi connectivity index (χ4v) is 2.40. The molecule has 0 bridgehead atoms. The molecule has 9 heteroatoms. The standard InChI is InChI=1S/C20H22N6O3/c1-28-16-4-2-3-5-17(16)29-14-20(27)23-13-12-22-18-6-7-19(26-25-18)24-15-8-10-21-11-9-15/h2-11H,12-14H2,1H3,(H,22,25)(H,23,27)(H,21,24,26). The van der Waals surface area contributed by atoms with Gasteiger partial charge in [-0.2, -0.15) is 0 Å². The van der Waals surface area contributed by atoms with Crippen LogP contribution in [0.2, 0.25) is 0 Å². The van der Waals surface area contributed by atoms with Crippen LogP contribution >= 0.6 is 0 Å². The van der Waals surface area contributed by atoms with E-state index in [1.807, 2.05) is 36.4 Å². The van der Waals surface area contributed by atoms with Gasteiger partial charge in [-0.15, -0.1) is 10.2 Å². The first-order chi connectivity index (χ1) is 14.2. The second-order valence-electron chi connectivity index (χ2n) is 5.88. The van der Waals surface area contributed by atoms with Crippen molar-refractivity contribution in [3.63, 3.8) is 0 Å². The number of aromatic nitrogens is 3. The number of rotatable bonds is 10. The van der Waals surface area contributed by atoms with Crippen LogP contribution in [0.25, 0.3) is 0 Å². The lowest BCUT2D eigenvalue weighted by Crippen LogP contribution is -2.32. The van der Waals surface area contributed by atoms with E-state index in [1.165, 1.54) is 0 Å². The van der Waals surface area contributed by atoms with Crippen LogP contribution < -0.4 is 25.4 Å². The zero-order valence-corrected chi connectivity index (χ0v) is 16.0. The lowest BCUT2D eigenvalue weighted by molar-refractivity contribution is -0.123. The van der Waals surface area contributed by atoms with Crippen LogP contribution in [0.15, 0.2) is 60.9 Å². The maximum Gasteiger partial charge on any atom is 0.258 e. The number of hydrogen-bond donors (Lipinski definition) is 3. The second kappa shape index (κ2) is 10.5. The second-order valence-corrected chi connectivity index (χ2v) is 5.88. The van der Waals surface area contributed by atoms with Gasteiger partial charge in [0.1, 0.15) is 5.82 Å². The topological polar surface area (TPSA) is 110 Å². The minimum absolute atomic E-state index is 0.0877. The molecule has 3 rings (SSSR count). The van der Waals surface area contributed by atoms with Gasteiger partial charge >= 0.3 is 0 Å². The van der Waals surface area contributed by atoms with Crippen molar-refractivity contribution in [3.05, 3.63) is 60.9 Å². The molecule has 0 saturated heterocycles. The summed E-state index contributed by atoms with van der Waals surface area (Å²) in [6.45, 7) is 0.842. The van der Waals surface area contributed by atoms with Crippen molar-refractivity contribution in [2.75, 3.05) is 37.4 Å². The SMILES string of the molecule is COc1ccccc1OCC(=O)NCCNc1ccc(Nc2ccncc2)nn1. The van der Waals surface area contributed by atoms with E-state index in [-0.39, 0.29) is 12.5 Å². The van der Waals surface area contributed by atoms with Gasteiger partial charge < -0.3 is 25.4 Å². The van der Waals surface area contributed by atoms with Gasteiger partial charge in [-0.25, -0.2) is 0 Å². The Bertz CT molecular complexity index is 906. The Kier molecular flexibility index (Phi) is 7.16. The van der Waals surface area contributed by atoms with Crippen molar-refractivity contribution in [2.24, 2.45) is 0 Å². The number of hydrogen-bond acceptors (Lipinski definition) is 8. The van der Waals surface area contributed by atoms with E-state index in [9.17, 15) is 4.79 Å². The number of para-hydroxylation sites is 2. The molecular formula is C20H22N6O3. The van der Waals surface area contributed by atoms with E-state index in [1.54, 1.807) is 31.6 Å². The molecule has 29 heavy (non-hydrogen) atoms. The number of carbonyl (C=O) groups is 1. The quantitative estimate of drug-likeness (QED) is 0.449. The molecule has 3 N–H and O–H groups in total. The molecule has 0 unspecified atom stereocenters. The van der Waals surface area contributed by atoms with Crippen LogP contribution in [0, 0.1) is 0 Å². The highest BCUT2D eigenvalue weighted by Gasteiger charge is 2.06. The Morgan fingerprint density at radius 2 is 1.66 bits per heavy atom.